The first-order chi connectivity index (χ1) is 11.8. The normalized spacial score (nSPS) is 13.7. The van der Waals surface area contributed by atoms with Gasteiger partial charge in [0.25, 0.3) is 0 Å². The van der Waals surface area contributed by atoms with E-state index in [1.807, 2.05) is 12.1 Å². The summed E-state index contributed by atoms with van der Waals surface area (Å²) in [6.07, 6.45) is 0. The fraction of sp³-hybridized carbons (Fsp3) is 0.333. The maximum Gasteiger partial charge on any atom is 0.245 e. The van der Waals surface area contributed by atoms with Gasteiger partial charge in [0.1, 0.15) is 15.9 Å². The third kappa shape index (κ3) is 3.11. The number of imidazole rings is 1. The van der Waals surface area contributed by atoms with Crippen LogP contribution in [-0.2, 0) is 4.79 Å². The minimum Gasteiger partial charge on any atom is -0.274 e. The van der Waals surface area contributed by atoms with Gasteiger partial charge in [-0.15, -0.1) is 0 Å². The molecule has 0 spiro atoms. The van der Waals surface area contributed by atoms with Crippen molar-refractivity contribution in [2.45, 2.75) is 45.6 Å². The first kappa shape index (κ1) is 17.4. The van der Waals surface area contributed by atoms with Crippen LogP contribution in [0.15, 0.2) is 34.4 Å². The molecule has 7 heteroatoms. The number of thioether (sulfide) groups is 1. The standard InChI is InChI=1S/C18H20N4O2S/c1-10(2)14-6-8-15(9-7-14)17-20-22(13(5)24)16-18(25-17)21(12(4)23)11(3)19-16/h6-10H,1-5H3. The number of fused-ring (bicyclic) bond motifs is 1. The lowest BCUT2D eigenvalue weighted by Gasteiger charge is -2.22. The molecule has 3 rings (SSSR count). The summed E-state index contributed by atoms with van der Waals surface area (Å²) in [4.78, 5) is 28.4. The number of hydrazone groups is 1. The van der Waals surface area contributed by atoms with Gasteiger partial charge in [0.15, 0.2) is 5.82 Å². The topological polar surface area (TPSA) is 67.6 Å². The van der Waals surface area contributed by atoms with E-state index < -0.39 is 0 Å². The molecule has 0 unspecified atom stereocenters. The van der Waals surface area contributed by atoms with Crippen molar-refractivity contribution in [3.8, 4) is 0 Å². The van der Waals surface area contributed by atoms with E-state index in [0.29, 0.717) is 27.6 Å². The van der Waals surface area contributed by atoms with E-state index in [2.05, 4.69) is 36.1 Å². The first-order valence-electron chi connectivity index (χ1n) is 8.07. The van der Waals surface area contributed by atoms with Gasteiger partial charge >= 0.3 is 0 Å². The second-order valence-corrected chi connectivity index (χ2v) is 7.23. The van der Waals surface area contributed by atoms with Crippen LogP contribution in [0.5, 0.6) is 0 Å². The predicted octanol–water partition coefficient (Wildman–Crippen LogP) is 3.80. The van der Waals surface area contributed by atoms with Crippen LogP contribution in [0, 0.1) is 6.92 Å². The highest BCUT2D eigenvalue weighted by molar-refractivity contribution is 8.14. The number of amides is 1. The number of hydrogen-bond acceptors (Lipinski definition) is 5. The van der Waals surface area contributed by atoms with E-state index in [-0.39, 0.29) is 11.8 Å². The van der Waals surface area contributed by atoms with Gasteiger partial charge in [-0.2, -0.15) is 10.1 Å². The summed E-state index contributed by atoms with van der Waals surface area (Å²) in [7, 11) is 0. The van der Waals surface area contributed by atoms with E-state index >= 15 is 0 Å². The zero-order chi connectivity index (χ0) is 18.3. The lowest BCUT2D eigenvalue weighted by molar-refractivity contribution is -0.116. The van der Waals surface area contributed by atoms with Crippen molar-refractivity contribution in [3.63, 3.8) is 0 Å². The van der Waals surface area contributed by atoms with Crippen LogP contribution in [0.2, 0.25) is 0 Å². The number of nitrogens with zero attached hydrogens (tertiary/aromatic N) is 4. The summed E-state index contributed by atoms with van der Waals surface area (Å²) < 4.78 is 1.52. The number of carbonyl (C=O) groups is 2. The number of benzene rings is 1. The first-order valence-corrected chi connectivity index (χ1v) is 8.89. The van der Waals surface area contributed by atoms with Crippen molar-refractivity contribution < 1.29 is 9.59 Å². The average molecular weight is 356 g/mol. The van der Waals surface area contributed by atoms with E-state index in [1.165, 1.54) is 40.7 Å². The van der Waals surface area contributed by atoms with Crippen molar-refractivity contribution in [2.75, 3.05) is 5.01 Å². The molecule has 0 atom stereocenters. The summed E-state index contributed by atoms with van der Waals surface area (Å²) in [5, 5.41) is 7.02. The van der Waals surface area contributed by atoms with Crippen LogP contribution < -0.4 is 5.01 Å². The summed E-state index contributed by atoms with van der Waals surface area (Å²) in [5.41, 5.74) is 2.14. The van der Waals surface area contributed by atoms with Crippen LogP contribution in [0.25, 0.3) is 0 Å². The molecule has 0 fully saturated rings. The molecule has 0 N–H and O–H groups in total. The largest absolute Gasteiger partial charge is 0.274 e. The Bertz CT molecular complexity index is 881. The molecule has 0 saturated carbocycles. The Morgan fingerprint density at radius 1 is 1.08 bits per heavy atom. The van der Waals surface area contributed by atoms with Crippen molar-refractivity contribution in [1.29, 1.82) is 0 Å². The number of carbonyl (C=O) groups excluding carboxylic acids is 2. The second kappa shape index (κ2) is 6.48. The molecule has 0 bridgehead atoms. The third-order valence-corrected chi connectivity index (χ3v) is 5.08. The monoisotopic (exact) mass is 356 g/mol. The molecule has 0 aliphatic carbocycles. The molecule has 1 aromatic heterocycles. The number of hydrogen-bond donors (Lipinski definition) is 0. The van der Waals surface area contributed by atoms with E-state index in [1.54, 1.807) is 6.92 Å². The molecule has 0 saturated heterocycles. The quantitative estimate of drug-likeness (QED) is 0.821. The Balaban J connectivity index is 2.08. The maximum absolute atomic E-state index is 12.0. The van der Waals surface area contributed by atoms with Gasteiger partial charge in [0.05, 0.1) is 0 Å². The summed E-state index contributed by atoms with van der Waals surface area (Å²) in [5.74, 6) is 1.01. The lowest BCUT2D eigenvalue weighted by atomic mass is 10.0. The minimum atomic E-state index is -0.244. The molecule has 25 heavy (non-hydrogen) atoms. The highest BCUT2D eigenvalue weighted by Gasteiger charge is 2.31. The van der Waals surface area contributed by atoms with Crippen LogP contribution in [0.4, 0.5) is 5.82 Å². The van der Waals surface area contributed by atoms with Crippen molar-refractivity contribution in [2.24, 2.45) is 5.10 Å². The molecule has 2 aromatic rings. The number of rotatable bonds is 2. The van der Waals surface area contributed by atoms with Crippen LogP contribution in [0.3, 0.4) is 0 Å². The zero-order valence-electron chi connectivity index (χ0n) is 14.9. The van der Waals surface area contributed by atoms with E-state index in [9.17, 15) is 9.59 Å². The fourth-order valence-electron chi connectivity index (χ4n) is 2.70. The number of aromatic nitrogens is 2. The Morgan fingerprint density at radius 3 is 2.24 bits per heavy atom. The Morgan fingerprint density at radius 2 is 1.72 bits per heavy atom. The lowest BCUT2D eigenvalue weighted by Crippen LogP contribution is -2.28. The minimum absolute atomic E-state index is 0.140. The molecule has 2 heterocycles. The second-order valence-electron chi connectivity index (χ2n) is 6.26. The van der Waals surface area contributed by atoms with E-state index in [0.717, 1.165) is 5.56 Å². The number of aryl methyl sites for hydroxylation is 1. The van der Waals surface area contributed by atoms with Gasteiger partial charge in [0, 0.05) is 19.4 Å². The molecule has 130 valence electrons. The van der Waals surface area contributed by atoms with Crippen LogP contribution in [-0.4, -0.2) is 26.4 Å². The molecule has 1 aliphatic heterocycles. The molecule has 1 aliphatic rings. The SMILES string of the molecule is CC(=O)N1N=C(c2ccc(C(C)C)cc2)Sc2c1nc(C)n2C(C)=O. The van der Waals surface area contributed by atoms with Crippen molar-refractivity contribution in [3.05, 3.63) is 41.2 Å². The predicted molar refractivity (Wildman–Crippen MR) is 99.3 cm³/mol. The van der Waals surface area contributed by atoms with Crippen LogP contribution in [0.1, 0.15) is 55.4 Å². The van der Waals surface area contributed by atoms with Gasteiger partial charge in [-0.25, -0.2) is 4.98 Å². The van der Waals surface area contributed by atoms with Gasteiger partial charge in [-0.3, -0.25) is 14.2 Å². The van der Waals surface area contributed by atoms with Gasteiger partial charge in [-0.1, -0.05) is 38.1 Å². The van der Waals surface area contributed by atoms with Gasteiger partial charge in [0.2, 0.25) is 11.8 Å². The molecular weight excluding hydrogens is 336 g/mol. The van der Waals surface area contributed by atoms with Crippen molar-refractivity contribution >= 4 is 34.4 Å². The van der Waals surface area contributed by atoms with Gasteiger partial charge in [-0.05, 0) is 30.2 Å². The molecule has 1 aromatic carbocycles. The summed E-state index contributed by atoms with van der Waals surface area (Å²) >= 11 is 1.36. The average Bonchev–Trinajstić information content (AvgIpc) is 2.89. The van der Waals surface area contributed by atoms with Crippen LogP contribution >= 0.6 is 11.8 Å². The smallest absolute Gasteiger partial charge is 0.245 e. The maximum atomic E-state index is 12.0. The Hall–Kier alpha value is -2.41. The Labute approximate surface area is 150 Å². The molecule has 6 nitrogen and oxygen atoms in total. The molecular formula is C18H20N4O2S. The van der Waals surface area contributed by atoms with E-state index in [4.69, 9.17) is 0 Å². The summed E-state index contributed by atoms with van der Waals surface area (Å²) in [6.45, 7) is 8.94. The highest BCUT2D eigenvalue weighted by Crippen LogP contribution is 2.38. The zero-order valence-corrected chi connectivity index (χ0v) is 15.7. The highest BCUT2D eigenvalue weighted by atomic mass is 32.2. The Kier molecular flexibility index (Phi) is 4.51. The molecule has 0 radical (unpaired) electrons. The molecule has 1 amide bonds. The third-order valence-electron chi connectivity index (χ3n) is 4.01. The number of anilines is 1. The van der Waals surface area contributed by atoms with Crippen molar-refractivity contribution in [1.82, 2.24) is 9.55 Å². The fourth-order valence-corrected chi connectivity index (χ4v) is 3.83. The summed E-state index contributed by atoms with van der Waals surface area (Å²) in [6, 6.07) is 8.10. The van der Waals surface area contributed by atoms with Gasteiger partial charge < -0.3 is 0 Å².